The number of aromatic nitrogens is 2. The Morgan fingerprint density at radius 1 is 1.41 bits per heavy atom. The summed E-state index contributed by atoms with van der Waals surface area (Å²) in [5.41, 5.74) is 2.28. The third-order valence-electron chi connectivity index (χ3n) is 2.51. The fourth-order valence-electron chi connectivity index (χ4n) is 1.66. The predicted molar refractivity (Wildman–Crippen MR) is 62.9 cm³/mol. The maximum absolute atomic E-state index is 9.47. The number of rotatable bonds is 4. The van der Waals surface area contributed by atoms with E-state index in [1.165, 1.54) is 7.11 Å². The number of fused-ring (bicyclic) bond motifs is 1. The molecule has 1 aromatic heterocycles. The van der Waals surface area contributed by atoms with Gasteiger partial charge in [-0.25, -0.2) is 9.97 Å². The predicted octanol–water partition coefficient (Wildman–Crippen LogP) is 0.534. The van der Waals surface area contributed by atoms with Crippen LogP contribution in [0.5, 0.6) is 5.88 Å². The maximum Gasteiger partial charge on any atom is 0.232 e. The van der Waals surface area contributed by atoms with Crippen LogP contribution in [0.15, 0.2) is 24.4 Å². The van der Waals surface area contributed by atoms with Gasteiger partial charge in [-0.15, -0.1) is 0 Å². The summed E-state index contributed by atoms with van der Waals surface area (Å²) < 4.78 is 5.02. The molecule has 5 heteroatoms. The number of nitrogens with zero attached hydrogens (tertiary/aromatic N) is 2. The van der Waals surface area contributed by atoms with E-state index in [0.29, 0.717) is 17.8 Å². The Hall–Kier alpha value is -1.72. The number of hydrogen-bond donors (Lipinski definition) is 2. The molecule has 1 aromatic carbocycles. The van der Waals surface area contributed by atoms with E-state index in [0.717, 1.165) is 11.1 Å². The number of para-hydroxylation sites is 1. The summed E-state index contributed by atoms with van der Waals surface area (Å²) in [6.07, 6.45) is 1.11. The molecule has 2 rings (SSSR count). The second-order valence-corrected chi connectivity index (χ2v) is 3.74. The molecule has 5 nitrogen and oxygen atoms in total. The zero-order valence-electron chi connectivity index (χ0n) is 9.50. The minimum absolute atomic E-state index is 0.270. The molecule has 2 N–H and O–H groups in total. The van der Waals surface area contributed by atoms with Crippen molar-refractivity contribution in [2.24, 2.45) is 0 Å². The van der Waals surface area contributed by atoms with Crippen LogP contribution in [0, 0.1) is 0 Å². The highest BCUT2D eigenvalue weighted by Crippen LogP contribution is 2.18. The van der Waals surface area contributed by atoms with Crippen LogP contribution in [-0.4, -0.2) is 40.0 Å². The number of hydrogen-bond acceptors (Lipinski definition) is 5. The summed E-state index contributed by atoms with van der Waals surface area (Å²) in [4.78, 5) is 8.52. The molecule has 0 unspecified atom stereocenters. The van der Waals surface area contributed by atoms with Gasteiger partial charge in [0.05, 0.1) is 37.1 Å². The first-order chi connectivity index (χ1) is 8.24. The van der Waals surface area contributed by atoms with Crippen LogP contribution in [0.2, 0.25) is 0 Å². The molecular formula is C12H14N2O3. The van der Waals surface area contributed by atoms with Gasteiger partial charge in [0, 0.05) is 6.42 Å². The van der Waals surface area contributed by atoms with Gasteiger partial charge in [0.15, 0.2) is 0 Å². The van der Waals surface area contributed by atoms with E-state index < -0.39 is 6.10 Å². The van der Waals surface area contributed by atoms with Gasteiger partial charge in [-0.2, -0.15) is 0 Å². The van der Waals surface area contributed by atoms with Crippen LogP contribution in [0.4, 0.5) is 0 Å². The first kappa shape index (κ1) is 11.8. The quantitative estimate of drug-likeness (QED) is 0.807. The van der Waals surface area contributed by atoms with Gasteiger partial charge in [-0.3, -0.25) is 0 Å². The van der Waals surface area contributed by atoms with Crippen molar-refractivity contribution in [2.45, 2.75) is 12.5 Å². The summed E-state index contributed by atoms with van der Waals surface area (Å²) in [6.45, 7) is -0.270. The standard InChI is InChI=1S/C12H14N2O3/c1-17-11-6-13-10-4-2-3-8(12(10)14-11)5-9(16)7-15/h2-4,6,9,15-16H,5,7H2,1H3/t9-/m1/s1. The van der Waals surface area contributed by atoms with E-state index in [1.807, 2.05) is 18.2 Å². The molecule has 0 aliphatic heterocycles. The minimum atomic E-state index is -0.784. The first-order valence-electron chi connectivity index (χ1n) is 5.32. The molecule has 0 spiro atoms. The van der Waals surface area contributed by atoms with E-state index >= 15 is 0 Å². The van der Waals surface area contributed by atoms with Gasteiger partial charge >= 0.3 is 0 Å². The molecule has 0 saturated carbocycles. The molecule has 0 radical (unpaired) electrons. The fraction of sp³-hybridized carbons (Fsp3) is 0.333. The third-order valence-corrected chi connectivity index (χ3v) is 2.51. The summed E-state index contributed by atoms with van der Waals surface area (Å²) in [7, 11) is 1.53. The summed E-state index contributed by atoms with van der Waals surface area (Å²) in [5.74, 6) is 0.434. The minimum Gasteiger partial charge on any atom is -0.480 e. The number of aliphatic hydroxyl groups excluding tert-OH is 2. The summed E-state index contributed by atoms with van der Waals surface area (Å²) >= 11 is 0. The molecule has 17 heavy (non-hydrogen) atoms. The van der Waals surface area contributed by atoms with E-state index in [4.69, 9.17) is 9.84 Å². The number of methoxy groups -OCH3 is 1. The Kier molecular flexibility index (Phi) is 3.51. The maximum atomic E-state index is 9.47. The molecule has 0 saturated heterocycles. The molecule has 1 heterocycles. The van der Waals surface area contributed by atoms with Gasteiger partial charge in [-0.1, -0.05) is 12.1 Å². The largest absolute Gasteiger partial charge is 0.480 e. The third kappa shape index (κ3) is 2.51. The zero-order valence-corrected chi connectivity index (χ0v) is 9.50. The van der Waals surface area contributed by atoms with Gasteiger partial charge in [-0.05, 0) is 11.6 Å². The van der Waals surface area contributed by atoms with E-state index in [-0.39, 0.29) is 6.61 Å². The van der Waals surface area contributed by atoms with Crippen LogP contribution in [0.3, 0.4) is 0 Å². The van der Waals surface area contributed by atoms with Gasteiger partial charge in [0.1, 0.15) is 0 Å². The summed E-state index contributed by atoms with van der Waals surface area (Å²) in [6, 6.07) is 5.55. The molecule has 0 bridgehead atoms. The van der Waals surface area contributed by atoms with Crippen molar-refractivity contribution in [1.82, 2.24) is 9.97 Å². The molecule has 0 amide bonds. The zero-order chi connectivity index (χ0) is 12.3. The second kappa shape index (κ2) is 5.07. The monoisotopic (exact) mass is 234 g/mol. The highest BCUT2D eigenvalue weighted by molar-refractivity contribution is 5.78. The van der Waals surface area contributed by atoms with E-state index in [9.17, 15) is 5.11 Å². The highest BCUT2D eigenvalue weighted by Gasteiger charge is 2.09. The number of ether oxygens (including phenoxy) is 1. The first-order valence-corrected chi connectivity index (χ1v) is 5.32. The Balaban J connectivity index is 2.46. The van der Waals surface area contributed by atoms with Crippen molar-refractivity contribution < 1.29 is 14.9 Å². The van der Waals surface area contributed by atoms with Crippen LogP contribution < -0.4 is 4.74 Å². The molecule has 1 atom stereocenters. The lowest BCUT2D eigenvalue weighted by atomic mass is 10.1. The topological polar surface area (TPSA) is 75.5 Å². The Morgan fingerprint density at radius 3 is 2.94 bits per heavy atom. The lowest BCUT2D eigenvalue weighted by Crippen LogP contribution is -2.15. The van der Waals surface area contributed by atoms with Crippen LogP contribution in [0.25, 0.3) is 11.0 Å². The van der Waals surface area contributed by atoms with Crippen molar-refractivity contribution in [2.75, 3.05) is 13.7 Å². The van der Waals surface area contributed by atoms with Gasteiger partial charge in [0.2, 0.25) is 5.88 Å². The second-order valence-electron chi connectivity index (χ2n) is 3.74. The van der Waals surface area contributed by atoms with E-state index in [2.05, 4.69) is 9.97 Å². The van der Waals surface area contributed by atoms with Crippen LogP contribution in [-0.2, 0) is 6.42 Å². The smallest absolute Gasteiger partial charge is 0.232 e. The average molecular weight is 234 g/mol. The van der Waals surface area contributed by atoms with Gasteiger partial charge in [0.25, 0.3) is 0 Å². The van der Waals surface area contributed by atoms with E-state index in [1.54, 1.807) is 6.20 Å². The lowest BCUT2D eigenvalue weighted by molar-refractivity contribution is 0.0957. The van der Waals surface area contributed by atoms with Crippen molar-refractivity contribution in [1.29, 1.82) is 0 Å². The summed E-state index contributed by atoms with van der Waals surface area (Å²) in [5, 5.41) is 18.3. The molecule has 0 aliphatic rings. The molecule has 0 fully saturated rings. The van der Waals surface area contributed by atoms with Gasteiger partial charge < -0.3 is 14.9 Å². The van der Waals surface area contributed by atoms with Crippen molar-refractivity contribution in [3.8, 4) is 5.88 Å². The van der Waals surface area contributed by atoms with Crippen LogP contribution >= 0.6 is 0 Å². The highest BCUT2D eigenvalue weighted by atomic mass is 16.5. The SMILES string of the molecule is COc1cnc2cccc(C[C@@H](O)CO)c2n1. The Bertz CT molecular complexity index is 516. The number of aliphatic hydroxyl groups is 2. The van der Waals surface area contributed by atoms with Crippen LogP contribution in [0.1, 0.15) is 5.56 Å². The molecular weight excluding hydrogens is 220 g/mol. The molecule has 0 aliphatic carbocycles. The normalized spacial score (nSPS) is 12.6. The van der Waals surface area contributed by atoms with Crippen molar-refractivity contribution in [3.63, 3.8) is 0 Å². The molecule has 90 valence electrons. The van der Waals surface area contributed by atoms with Crippen molar-refractivity contribution >= 4 is 11.0 Å². The fourth-order valence-corrected chi connectivity index (χ4v) is 1.66. The lowest BCUT2D eigenvalue weighted by Gasteiger charge is -2.09. The van der Waals surface area contributed by atoms with Crippen molar-refractivity contribution in [3.05, 3.63) is 30.0 Å². The Labute approximate surface area is 98.7 Å². The average Bonchev–Trinajstić information content (AvgIpc) is 2.38. The Morgan fingerprint density at radius 2 is 2.24 bits per heavy atom. The molecule has 2 aromatic rings. The number of benzene rings is 1.